The predicted octanol–water partition coefficient (Wildman–Crippen LogP) is 3.35. The van der Waals surface area contributed by atoms with Crippen molar-refractivity contribution in [3.63, 3.8) is 0 Å². The molecule has 1 aliphatic carbocycles. The van der Waals surface area contributed by atoms with Crippen molar-refractivity contribution >= 4 is 15.9 Å². The number of alkyl halides is 1. The lowest BCUT2D eigenvalue weighted by Crippen LogP contribution is -2.11. The van der Waals surface area contributed by atoms with Crippen LogP contribution in [0.2, 0.25) is 0 Å². The Labute approximate surface area is 66.2 Å². The molecule has 1 atom stereocenters. The van der Waals surface area contributed by atoms with E-state index in [1.807, 2.05) is 0 Å². The van der Waals surface area contributed by atoms with E-state index in [4.69, 9.17) is 0 Å². The third-order valence-corrected chi connectivity index (χ3v) is 2.66. The highest BCUT2D eigenvalue weighted by Crippen LogP contribution is 2.31. The topological polar surface area (TPSA) is 0 Å². The smallest absolute Gasteiger partial charge is 0.0117 e. The Morgan fingerprint density at radius 2 is 2.22 bits per heavy atom. The molecule has 1 unspecified atom stereocenters. The molecule has 1 heteroatoms. The van der Waals surface area contributed by atoms with Crippen molar-refractivity contribution in [2.75, 3.05) is 0 Å². The molecule has 0 spiro atoms. The molecule has 0 heterocycles. The van der Waals surface area contributed by atoms with Crippen molar-refractivity contribution in [3.05, 3.63) is 0 Å². The fourth-order valence-corrected chi connectivity index (χ4v) is 1.51. The van der Waals surface area contributed by atoms with Crippen molar-refractivity contribution in [2.45, 2.75) is 43.9 Å². The van der Waals surface area contributed by atoms with Gasteiger partial charge in [0.1, 0.15) is 0 Å². The van der Waals surface area contributed by atoms with Crippen molar-refractivity contribution in [2.24, 2.45) is 5.92 Å². The van der Waals surface area contributed by atoms with Crippen molar-refractivity contribution < 1.29 is 0 Å². The van der Waals surface area contributed by atoms with E-state index in [-0.39, 0.29) is 0 Å². The molecule has 1 saturated carbocycles. The number of halogens is 1. The first-order valence-corrected chi connectivity index (χ1v) is 4.84. The van der Waals surface area contributed by atoms with E-state index in [1.54, 1.807) is 0 Å². The van der Waals surface area contributed by atoms with Crippen LogP contribution in [-0.4, -0.2) is 4.83 Å². The SMILES string of the molecule is CC(Br)CCC1CCC1. The summed E-state index contributed by atoms with van der Waals surface area (Å²) in [6.07, 6.45) is 7.30. The number of hydrogen-bond donors (Lipinski definition) is 0. The maximum absolute atomic E-state index is 3.56. The molecule has 0 amide bonds. The average molecular weight is 191 g/mol. The van der Waals surface area contributed by atoms with E-state index in [2.05, 4.69) is 22.9 Å². The third kappa shape index (κ3) is 2.70. The summed E-state index contributed by atoms with van der Waals surface area (Å²) in [5, 5.41) is 0. The van der Waals surface area contributed by atoms with Crippen LogP contribution < -0.4 is 0 Å². The zero-order chi connectivity index (χ0) is 6.69. The van der Waals surface area contributed by atoms with E-state index >= 15 is 0 Å². The van der Waals surface area contributed by atoms with Gasteiger partial charge in [0.25, 0.3) is 0 Å². The molecule has 9 heavy (non-hydrogen) atoms. The molecule has 1 rings (SSSR count). The Balaban J connectivity index is 1.91. The Bertz CT molecular complexity index is 74.6. The molecule has 0 aromatic carbocycles. The molecular weight excluding hydrogens is 176 g/mol. The largest absolute Gasteiger partial charge is 0.0894 e. The average Bonchev–Trinajstić information content (AvgIpc) is 1.60. The minimum absolute atomic E-state index is 0.734. The lowest BCUT2D eigenvalue weighted by Gasteiger charge is -2.25. The van der Waals surface area contributed by atoms with Crippen LogP contribution >= 0.6 is 15.9 Å². The van der Waals surface area contributed by atoms with Crippen LogP contribution in [0.3, 0.4) is 0 Å². The first-order chi connectivity index (χ1) is 4.29. The zero-order valence-corrected chi connectivity index (χ0v) is 7.65. The molecule has 54 valence electrons. The first kappa shape index (κ1) is 7.59. The van der Waals surface area contributed by atoms with E-state index in [0.29, 0.717) is 0 Å². The predicted molar refractivity (Wildman–Crippen MR) is 45.0 cm³/mol. The second-order valence-corrected chi connectivity index (χ2v) is 4.72. The van der Waals surface area contributed by atoms with Gasteiger partial charge in [0.15, 0.2) is 0 Å². The van der Waals surface area contributed by atoms with Crippen LogP contribution in [0.5, 0.6) is 0 Å². The van der Waals surface area contributed by atoms with E-state index < -0.39 is 0 Å². The van der Waals surface area contributed by atoms with Crippen LogP contribution in [0.1, 0.15) is 39.0 Å². The monoisotopic (exact) mass is 190 g/mol. The molecule has 0 aliphatic heterocycles. The highest BCUT2D eigenvalue weighted by Gasteiger charge is 2.16. The van der Waals surface area contributed by atoms with Crippen molar-refractivity contribution in [1.82, 2.24) is 0 Å². The third-order valence-electron chi connectivity index (χ3n) is 2.20. The van der Waals surface area contributed by atoms with Crippen LogP contribution in [0.25, 0.3) is 0 Å². The summed E-state index contributed by atoms with van der Waals surface area (Å²) >= 11 is 3.56. The minimum Gasteiger partial charge on any atom is -0.0894 e. The second-order valence-electron chi connectivity index (χ2n) is 3.16. The quantitative estimate of drug-likeness (QED) is 0.600. The van der Waals surface area contributed by atoms with Crippen molar-refractivity contribution in [1.29, 1.82) is 0 Å². The Morgan fingerprint density at radius 3 is 2.56 bits per heavy atom. The van der Waals surface area contributed by atoms with Gasteiger partial charge in [-0.3, -0.25) is 0 Å². The standard InChI is InChI=1S/C8H15Br/c1-7(9)5-6-8-3-2-4-8/h7-8H,2-6H2,1H3. The van der Waals surface area contributed by atoms with Gasteiger partial charge in [0.2, 0.25) is 0 Å². The summed E-state index contributed by atoms with van der Waals surface area (Å²) in [6, 6.07) is 0. The summed E-state index contributed by atoms with van der Waals surface area (Å²) < 4.78 is 0. The van der Waals surface area contributed by atoms with Gasteiger partial charge in [0.05, 0.1) is 0 Å². The molecule has 0 aromatic rings. The van der Waals surface area contributed by atoms with E-state index in [1.165, 1.54) is 32.1 Å². The van der Waals surface area contributed by atoms with Gasteiger partial charge in [-0.25, -0.2) is 0 Å². The lowest BCUT2D eigenvalue weighted by atomic mass is 9.82. The van der Waals surface area contributed by atoms with Gasteiger partial charge >= 0.3 is 0 Å². The lowest BCUT2D eigenvalue weighted by molar-refractivity contribution is 0.290. The molecule has 0 saturated heterocycles. The summed E-state index contributed by atoms with van der Waals surface area (Å²) in [7, 11) is 0. The van der Waals surface area contributed by atoms with Gasteiger partial charge in [0, 0.05) is 4.83 Å². The molecule has 0 N–H and O–H groups in total. The van der Waals surface area contributed by atoms with Crippen LogP contribution in [-0.2, 0) is 0 Å². The number of rotatable bonds is 3. The van der Waals surface area contributed by atoms with Gasteiger partial charge in [-0.05, 0) is 18.8 Å². The Morgan fingerprint density at radius 1 is 1.56 bits per heavy atom. The fraction of sp³-hybridized carbons (Fsp3) is 1.00. The summed E-state index contributed by atoms with van der Waals surface area (Å²) in [5.41, 5.74) is 0. The van der Waals surface area contributed by atoms with Gasteiger partial charge in [-0.15, -0.1) is 0 Å². The Kier molecular flexibility index (Phi) is 3.03. The van der Waals surface area contributed by atoms with Crippen LogP contribution in [0.15, 0.2) is 0 Å². The fourth-order valence-electron chi connectivity index (χ4n) is 1.25. The summed E-state index contributed by atoms with van der Waals surface area (Å²) in [5.74, 6) is 1.09. The normalized spacial score (nSPS) is 23.3. The molecule has 0 nitrogen and oxygen atoms in total. The Hall–Kier alpha value is 0.480. The molecule has 1 fully saturated rings. The number of hydrogen-bond acceptors (Lipinski definition) is 0. The maximum Gasteiger partial charge on any atom is 0.0117 e. The second kappa shape index (κ2) is 3.60. The molecule has 0 aromatic heterocycles. The maximum atomic E-state index is 3.56. The van der Waals surface area contributed by atoms with E-state index in [0.717, 1.165) is 10.7 Å². The molecular formula is C8H15Br. The zero-order valence-electron chi connectivity index (χ0n) is 6.07. The van der Waals surface area contributed by atoms with Gasteiger partial charge < -0.3 is 0 Å². The van der Waals surface area contributed by atoms with Crippen LogP contribution in [0.4, 0.5) is 0 Å². The highest BCUT2D eigenvalue weighted by molar-refractivity contribution is 9.09. The molecule has 1 aliphatic rings. The van der Waals surface area contributed by atoms with E-state index in [9.17, 15) is 0 Å². The van der Waals surface area contributed by atoms with Crippen LogP contribution in [0, 0.1) is 5.92 Å². The molecule has 0 bridgehead atoms. The molecule has 0 radical (unpaired) electrons. The van der Waals surface area contributed by atoms with Gasteiger partial charge in [-0.2, -0.15) is 0 Å². The summed E-state index contributed by atoms with van der Waals surface area (Å²) in [4.78, 5) is 0.734. The van der Waals surface area contributed by atoms with Gasteiger partial charge in [-0.1, -0.05) is 42.1 Å². The minimum atomic E-state index is 0.734. The van der Waals surface area contributed by atoms with Crippen molar-refractivity contribution in [3.8, 4) is 0 Å². The highest BCUT2D eigenvalue weighted by atomic mass is 79.9. The summed E-state index contributed by atoms with van der Waals surface area (Å²) in [6.45, 7) is 2.23. The first-order valence-electron chi connectivity index (χ1n) is 3.93.